The number of carbonyl (C=O) groups excluding carboxylic acids is 2. The Morgan fingerprint density at radius 1 is 1.06 bits per heavy atom. The maximum Gasteiger partial charge on any atom is 0.244 e. The van der Waals surface area contributed by atoms with Gasteiger partial charge in [-0.2, -0.15) is 0 Å². The van der Waals surface area contributed by atoms with Crippen molar-refractivity contribution in [1.29, 1.82) is 0 Å². The van der Waals surface area contributed by atoms with Gasteiger partial charge < -0.3 is 10.2 Å². The van der Waals surface area contributed by atoms with Gasteiger partial charge in [0, 0.05) is 13.1 Å². The van der Waals surface area contributed by atoms with Gasteiger partial charge in [-0.3, -0.25) is 13.9 Å². The fraction of sp³-hybridized carbons (Fsp3) is 0.440. The van der Waals surface area contributed by atoms with E-state index < -0.39 is 28.5 Å². The summed E-state index contributed by atoms with van der Waals surface area (Å²) in [5.41, 5.74) is 2.77. The fourth-order valence-corrected chi connectivity index (χ4v) is 4.94. The van der Waals surface area contributed by atoms with Crippen molar-refractivity contribution in [2.24, 2.45) is 0 Å². The molecule has 0 fully saturated rings. The van der Waals surface area contributed by atoms with Crippen molar-refractivity contribution in [2.75, 3.05) is 23.7 Å². The van der Waals surface area contributed by atoms with Gasteiger partial charge in [-0.1, -0.05) is 55.2 Å². The highest BCUT2D eigenvalue weighted by Crippen LogP contribution is 2.27. The van der Waals surface area contributed by atoms with Crippen LogP contribution in [0, 0.1) is 13.8 Å². The summed E-state index contributed by atoms with van der Waals surface area (Å²) in [5, 5.41) is 3.55. The second kappa shape index (κ2) is 12.6. The van der Waals surface area contributed by atoms with Gasteiger partial charge in [0.2, 0.25) is 21.8 Å². The van der Waals surface area contributed by atoms with Gasteiger partial charge in [-0.25, -0.2) is 8.42 Å². The smallest absolute Gasteiger partial charge is 0.244 e. The zero-order chi connectivity index (χ0) is 26.3. The molecule has 192 valence electrons. The molecule has 0 heterocycles. The largest absolute Gasteiger partial charge is 0.354 e. The van der Waals surface area contributed by atoms with Crippen LogP contribution in [0.15, 0.2) is 36.4 Å². The Hall–Kier alpha value is -2.29. The van der Waals surface area contributed by atoms with E-state index >= 15 is 0 Å². The van der Waals surface area contributed by atoms with Crippen molar-refractivity contribution in [3.63, 3.8) is 0 Å². The number of nitrogens with one attached hydrogen (secondary N) is 1. The Bertz CT molecular complexity index is 1170. The number of hydrogen-bond acceptors (Lipinski definition) is 4. The maximum atomic E-state index is 13.7. The lowest BCUT2D eigenvalue weighted by Gasteiger charge is -2.33. The molecule has 35 heavy (non-hydrogen) atoms. The lowest BCUT2D eigenvalue weighted by atomic mass is 10.1. The van der Waals surface area contributed by atoms with Gasteiger partial charge >= 0.3 is 0 Å². The number of aryl methyl sites for hydroxylation is 1. The number of hydrogen-bond donors (Lipinski definition) is 1. The maximum absolute atomic E-state index is 13.7. The molecule has 1 atom stereocenters. The highest BCUT2D eigenvalue weighted by atomic mass is 35.5. The molecule has 0 spiro atoms. The van der Waals surface area contributed by atoms with Crippen LogP contribution in [-0.4, -0.2) is 50.5 Å². The van der Waals surface area contributed by atoms with Crippen LogP contribution in [0.2, 0.25) is 10.0 Å². The normalized spacial score (nSPS) is 12.2. The number of nitrogens with zero attached hydrogens (tertiary/aromatic N) is 2. The second-order valence-electron chi connectivity index (χ2n) is 8.47. The first-order valence-corrected chi connectivity index (χ1v) is 14.1. The van der Waals surface area contributed by atoms with E-state index in [1.165, 1.54) is 4.90 Å². The van der Waals surface area contributed by atoms with E-state index in [1.807, 2.05) is 33.8 Å². The van der Waals surface area contributed by atoms with Gasteiger partial charge in [-0.15, -0.1) is 0 Å². The highest BCUT2D eigenvalue weighted by Gasteiger charge is 2.32. The van der Waals surface area contributed by atoms with E-state index in [0.29, 0.717) is 34.3 Å². The van der Waals surface area contributed by atoms with Gasteiger partial charge in [0.05, 0.1) is 22.0 Å². The van der Waals surface area contributed by atoms with Crippen molar-refractivity contribution in [2.45, 2.75) is 53.1 Å². The van der Waals surface area contributed by atoms with Crippen LogP contribution >= 0.6 is 23.2 Å². The molecule has 0 aliphatic carbocycles. The molecule has 0 aliphatic rings. The monoisotopic (exact) mass is 541 g/mol. The average Bonchev–Trinajstić information content (AvgIpc) is 2.79. The van der Waals surface area contributed by atoms with E-state index in [2.05, 4.69) is 5.32 Å². The first kappa shape index (κ1) is 28.9. The lowest BCUT2D eigenvalue weighted by molar-refractivity contribution is -0.140. The zero-order valence-electron chi connectivity index (χ0n) is 20.8. The summed E-state index contributed by atoms with van der Waals surface area (Å²) in [6.45, 7) is 7.54. The molecule has 0 aliphatic heterocycles. The molecule has 0 saturated carbocycles. The minimum Gasteiger partial charge on any atom is -0.354 e. The third-order valence-electron chi connectivity index (χ3n) is 5.80. The molecule has 2 rings (SSSR count). The van der Waals surface area contributed by atoms with Crippen LogP contribution in [0.25, 0.3) is 0 Å². The molecule has 0 saturated heterocycles. The summed E-state index contributed by atoms with van der Waals surface area (Å²) in [5.74, 6) is -0.790. The van der Waals surface area contributed by atoms with Crippen LogP contribution in [0.1, 0.15) is 43.4 Å². The molecular formula is C25H33Cl2N3O4S. The fourth-order valence-electron chi connectivity index (χ4n) is 3.72. The van der Waals surface area contributed by atoms with E-state index in [9.17, 15) is 18.0 Å². The first-order chi connectivity index (χ1) is 16.4. The van der Waals surface area contributed by atoms with E-state index in [-0.39, 0.29) is 12.5 Å². The summed E-state index contributed by atoms with van der Waals surface area (Å²) in [7, 11) is -3.79. The third-order valence-corrected chi connectivity index (χ3v) is 7.66. The molecule has 0 aromatic heterocycles. The molecule has 7 nitrogen and oxygen atoms in total. The topological polar surface area (TPSA) is 86.8 Å². The van der Waals surface area contributed by atoms with Crippen molar-refractivity contribution in [3.05, 3.63) is 63.1 Å². The molecule has 10 heteroatoms. The van der Waals surface area contributed by atoms with Gasteiger partial charge in [0.15, 0.2) is 0 Å². The van der Waals surface area contributed by atoms with Crippen molar-refractivity contribution >= 4 is 50.7 Å². The van der Waals surface area contributed by atoms with Crippen molar-refractivity contribution in [3.8, 4) is 0 Å². The van der Waals surface area contributed by atoms with Gasteiger partial charge in [0.1, 0.15) is 12.6 Å². The highest BCUT2D eigenvalue weighted by molar-refractivity contribution is 7.92. The molecule has 2 aromatic rings. The summed E-state index contributed by atoms with van der Waals surface area (Å²) in [6.07, 6.45) is 2.17. The van der Waals surface area contributed by atoms with Gasteiger partial charge in [0.25, 0.3) is 0 Å². The quantitative estimate of drug-likeness (QED) is 0.446. The Morgan fingerprint density at radius 3 is 2.31 bits per heavy atom. The minimum atomic E-state index is -3.79. The van der Waals surface area contributed by atoms with Crippen LogP contribution in [0.3, 0.4) is 0 Å². The molecule has 0 radical (unpaired) electrons. The van der Waals surface area contributed by atoms with Crippen LogP contribution in [-0.2, 0) is 26.2 Å². The lowest BCUT2D eigenvalue weighted by Crippen LogP contribution is -2.52. The number of sulfonamides is 1. The van der Waals surface area contributed by atoms with Gasteiger partial charge in [-0.05, 0) is 61.6 Å². The molecule has 2 aromatic carbocycles. The number of amides is 2. The van der Waals surface area contributed by atoms with E-state index in [4.69, 9.17) is 23.2 Å². The average molecular weight is 543 g/mol. The Morgan fingerprint density at radius 2 is 1.74 bits per heavy atom. The Balaban J connectivity index is 2.49. The van der Waals surface area contributed by atoms with E-state index in [1.54, 1.807) is 30.3 Å². The van der Waals surface area contributed by atoms with Crippen LogP contribution < -0.4 is 9.62 Å². The molecular weight excluding hydrogens is 509 g/mol. The zero-order valence-corrected chi connectivity index (χ0v) is 23.1. The number of carbonyl (C=O) groups is 2. The summed E-state index contributed by atoms with van der Waals surface area (Å²) >= 11 is 12.2. The van der Waals surface area contributed by atoms with Crippen LogP contribution in [0.4, 0.5) is 5.69 Å². The number of anilines is 1. The van der Waals surface area contributed by atoms with Crippen molar-refractivity contribution < 1.29 is 18.0 Å². The molecule has 1 unspecified atom stereocenters. The second-order valence-corrected chi connectivity index (χ2v) is 11.2. The molecule has 1 N–H and O–H groups in total. The standard InChI is InChI=1S/C25H33Cl2N3O4S/c1-6-13-28-25(32)22(7-2)29(15-19-11-12-20(26)21(27)14-19)24(31)16-30(35(5,33)34)23-10-8-9-17(3)18(23)4/h8-12,14,22H,6-7,13,15-16H2,1-5H3,(H,28,32). The molecule has 0 bridgehead atoms. The SMILES string of the molecule is CCCNC(=O)C(CC)N(Cc1ccc(Cl)c(Cl)c1)C(=O)CN(c1cccc(C)c1C)S(C)(=O)=O. The summed E-state index contributed by atoms with van der Waals surface area (Å²) in [4.78, 5) is 28.1. The summed E-state index contributed by atoms with van der Waals surface area (Å²) in [6, 6.07) is 9.50. The van der Waals surface area contributed by atoms with E-state index in [0.717, 1.165) is 28.1 Å². The third kappa shape index (κ3) is 7.59. The predicted molar refractivity (Wildman–Crippen MR) is 142 cm³/mol. The number of benzene rings is 2. The Kier molecular flexibility index (Phi) is 10.4. The Labute approximate surface area is 218 Å². The number of halogens is 2. The first-order valence-electron chi connectivity index (χ1n) is 11.5. The van der Waals surface area contributed by atoms with Crippen LogP contribution in [0.5, 0.6) is 0 Å². The molecule has 2 amide bonds. The number of rotatable bonds is 11. The summed E-state index contributed by atoms with van der Waals surface area (Å²) < 4.78 is 26.6. The minimum absolute atomic E-state index is 0.0676. The van der Waals surface area contributed by atoms with Crippen molar-refractivity contribution in [1.82, 2.24) is 10.2 Å². The predicted octanol–water partition coefficient (Wildman–Crippen LogP) is 4.71.